The summed E-state index contributed by atoms with van der Waals surface area (Å²) >= 11 is 2.85. The molecule has 0 radical (unpaired) electrons. The third-order valence-electron chi connectivity index (χ3n) is 1.97. The van der Waals surface area contributed by atoms with Crippen molar-refractivity contribution in [3.05, 3.63) is 28.1 Å². The van der Waals surface area contributed by atoms with Gasteiger partial charge in [-0.25, -0.2) is 9.78 Å². The molecule has 0 amide bonds. The summed E-state index contributed by atoms with van der Waals surface area (Å²) in [6.07, 6.45) is 0.338. The number of aromatic carboxylic acids is 1. The van der Waals surface area contributed by atoms with Crippen LogP contribution in [0.4, 0.5) is 0 Å². The molecule has 0 aliphatic heterocycles. The van der Waals surface area contributed by atoms with Gasteiger partial charge in [-0.2, -0.15) is 0 Å². The molecule has 2 N–H and O–H groups in total. The molecular formula is C10H9NO3S2. The highest BCUT2D eigenvalue weighted by Gasteiger charge is 2.17. The number of nitrogens with zero attached hydrogens (tertiary/aromatic N) is 1. The Balaban J connectivity index is 2.42. The van der Waals surface area contributed by atoms with Crippen LogP contribution < -0.4 is 0 Å². The highest BCUT2D eigenvalue weighted by molar-refractivity contribution is 7.21. The number of thiophene rings is 1. The fourth-order valence-electron chi connectivity index (χ4n) is 1.30. The van der Waals surface area contributed by atoms with Crippen LogP contribution in [-0.2, 0) is 6.42 Å². The molecule has 6 heteroatoms. The van der Waals surface area contributed by atoms with Gasteiger partial charge in [0.15, 0.2) is 5.69 Å². The molecular weight excluding hydrogens is 246 g/mol. The Morgan fingerprint density at radius 3 is 2.88 bits per heavy atom. The molecule has 2 rings (SSSR count). The van der Waals surface area contributed by atoms with E-state index in [2.05, 4.69) is 4.98 Å². The van der Waals surface area contributed by atoms with Crippen molar-refractivity contribution in [1.29, 1.82) is 0 Å². The summed E-state index contributed by atoms with van der Waals surface area (Å²) in [4.78, 5) is 16.6. The van der Waals surface area contributed by atoms with Gasteiger partial charge < -0.3 is 10.2 Å². The molecule has 0 aliphatic rings. The smallest absolute Gasteiger partial charge is 0.355 e. The van der Waals surface area contributed by atoms with E-state index in [1.807, 2.05) is 17.5 Å². The minimum Gasteiger partial charge on any atom is -0.476 e. The topological polar surface area (TPSA) is 70.4 Å². The first-order valence-electron chi connectivity index (χ1n) is 4.60. The van der Waals surface area contributed by atoms with E-state index in [1.165, 1.54) is 22.7 Å². The van der Waals surface area contributed by atoms with Gasteiger partial charge in [0.25, 0.3) is 0 Å². The summed E-state index contributed by atoms with van der Waals surface area (Å²) in [5.41, 5.74) is 0.0578. The lowest BCUT2D eigenvalue weighted by atomic mass is 10.3. The van der Waals surface area contributed by atoms with Gasteiger partial charge in [0, 0.05) is 17.9 Å². The number of hydrogen-bond donors (Lipinski definition) is 2. The predicted octanol–water partition coefficient (Wildman–Crippen LogP) is 2.10. The second-order valence-corrected chi connectivity index (χ2v) is 5.08. The molecule has 0 aromatic carbocycles. The third-order valence-corrected chi connectivity index (χ3v) is 4.12. The number of hydrogen-bond acceptors (Lipinski definition) is 5. The first-order chi connectivity index (χ1) is 7.72. The number of aliphatic hydroxyl groups is 1. The highest BCUT2D eigenvalue weighted by Crippen LogP contribution is 2.31. The van der Waals surface area contributed by atoms with E-state index in [0.29, 0.717) is 16.3 Å². The van der Waals surface area contributed by atoms with Gasteiger partial charge in [0.2, 0.25) is 0 Å². The van der Waals surface area contributed by atoms with E-state index in [0.717, 1.165) is 4.88 Å². The Kier molecular flexibility index (Phi) is 3.33. The van der Waals surface area contributed by atoms with Gasteiger partial charge in [-0.05, 0) is 11.4 Å². The molecule has 2 aromatic rings. The molecule has 4 nitrogen and oxygen atoms in total. The molecule has 0 fully saturated rings. The first-order valence-corrected chi connectivity index (χ1v) is 6.29. The Bertz CT molecular complexity index is 490. The Morgan fingerprint density at radius 2 is 2.31 bits per heavy atom. The number of aliphatic hydroxyl groups excluding tert-OH is 1. The van der Waals surface area contributed by atoms with E-state index in [9.17, 15) is 4.79 Å². The van der Waals surface area contributed by atoms with Crippen LogP contribution in [0.3, 0.4) is 0 Å². The van der Waals surface area contributed by atoms with E-state index in [4.69, 9.17) is 10.2 Å². The number of carbonyl (C=O) groups is 1. The van der Waals surface area contributed by atoms with Gasteiger partial charge in [-0.3, -0.25) is 0 Å². The monoisotopic (exact) mass is 255 g/mol. The maximum atomic E-state index is 10.9. The average Bonchev–Trinajstić information content (AvgIpc) is 2.83. The van der Waals surface area contributed by atoms with Crippen LogP contribution in [0.1, 0.15) is 15.4 Å². The third kappa shape index (κ3) is 2.13. The highest BCUT2D eigenvalue weighted by atomic mass is 32.1. The van der Waals surface area contributed by atoms with Crippen molar-refractivity contribution in [2.45, 2.75) is 6.42 Å². The second kappa shape index (κ2) is 4.73. The van der Waals surface area contributed by atoms with E-state index < -0.39 is 5.97 Å². The van der Waals surface area contributed by atoms with Crippen LogP contribution in [-0.4, -0.2) is 27.8 Å². The van der Waals surface area contributed by atoms with E-state index in [-0.39, 0.29) is 12.3 Å². The zero-order chi connectivity index (χ0) is 11.5. The SMILES string of the molecule is O=C(O)c1nc(-c2cccs2)sc1CCO. The normalized spacial score (nSPS) is 10.6. The van der Waals surface area contributed by atoms with Crippen LogP contribution in [0.5, 0.6) is 0 Å². The Hall–Kier alpha value is -1.24. The van der Waals surface area contributed by atoms with Gasteiger partial charge in [0.1, 0.15) is 5.01 Å². The maximum Gasteiger partial charge on any atom is 0.355 e. The number of thiazole rings is 1. The molecule has 16 heavy (non-hydrogen) atoms. The minimum absolute atomic E-state index is 0.0578. The molecule has 0 bridgehead atoms. The van der Waals surface area contributed by atoms with E-state index >= 15 is 0 Å². The number of carboxylic acids is 1. The van der Waals surface area contributed by atoms with Crippen molar-refractivity contribution in [3.8, 4) is 9.88 Å². The second-order valence-electron chi connectivity index (χ2n) is 3.05. The average molecular weight is 255 g/mol. The lowest BCUT2D eigenvalue weighted by Crippen LogP contribution is -2.02. The van der Waals surface area contributed by atoms with Crippen molar-refractivity contribution in [2.24, 2.45) is 0 Å². The van der Waals surface area contributed by atoms with Gasteiger partial charge in [0.05, 0.1) is 4.88 Å². The lowest BCUT2D eigenvalue weighted by molar-refractivity contribution is 0.0690. The molecule has 0 unspecified atom stereocenters. The summed E-state index contributed by atoms with van der Waals surface area (Å²) in [5.74, 6) is -1.04. The zero-order valence-corrected chi connectivity index (χ0v) is 9.85. The van der Waals surface area contributed by atoms with Crippen molar-refractivity contribution >= 4 is 28.6 Å². The molecule has 0 spiro atoms. The molecule has 0 atom stereocenters. The molecule has 2 heterocycles. The standard InChI is InChI=1S/C10H9NO3S2/c12-4-3-6-8(10(13)14)11-9(16-6)7-2-1-5-15-7/h1-2,5,12H,3-4H2,(H,13,14). The Morgan fingerprint density at radius 1 is 1.50 bits per heavy atom. The van der Waals surface area contributed by atoms with Crippen LogP contribution >= 0.6 is 22.7 Å². The maximum absolute atomic E-state index is 10.9. The molecule has 84 valence electrons. The van der Waals surface area contributed by atoms with Gasteiger partial charge >= 0.3 is 5.97 Å². The number of carboxylic acid groups (broad SMARTS) is 1. The van der Waals surface area contributed by atoms with Crippen molar-refractivity contribution in [2.75, 3.05) is 6.61 Å². The summed E-state index contributed by atoms with van der Waals surface area (Å²) in [7, 11) is 0. The first kappa shape index (κ1) is 11.3. The molecule has 0 saturated carbocycles. The zero-order valence-electron chi connectivity index (χ0n) is 8.21. The van der Waals surface area contributed by atoms with Crippen molar-refractivity contribution in [1.82, 2.24) is 4.98 Å². The fraction of sp³-hybridized carbons (Fsp3) is 0.200. The number of aromatic nitrogens is 1. The summed E-state index contributed by atoms with van der Waals surface area (Å²) < 4.78 is 0. The van der Waals surface area contributed by atoms with E-state index in [1.54, 1.807) is 0 Å². The van der Waals surface area contributed by atoms with Crippen LogP contribution in [0.2, 0.25) is 0 Å². The summed E-state index contributed by atoms with van der Waals surface area (Å²) in [6, 6.07) is 3.80. The van der Waals surface area contributed by atoms with Crippen molar-refractivity contribution in [3.63, 3.8) is 0 Å². The molecule has 0 aliphatic carbocycles. The van der Waals surface area contributed by atoms with Gasteiger partial charge in [-0.1, -0.05) is 6.07 Å². The quantitative estimate of drug-likeness (QED) is 0.877. The minimum atomic E-state index is -1.04. The Labute approximate surface area is 99.8 Å². The number of rotatable bonds is 4. The van der Waals surface area contributed by atoms with Crippen molar-refractivity contribution < 1.29 is 15.0 Å². The van der Waals surface area contributed by atoms with Crippen LogP contribution in [0.25, 0.3) is 9.88 Å². The molecule has 2 aromatic heterocycles. The molecule has 0 saturated heterocycles. The fourth-order valence-corrected chi connectivity index (χ4v) is 3.13. The van der Waals surface area contributed by atoms with Gasteiger partial charge in [-0.15, -0.1) is 22.7 Å². The van der Waals surface area contributed by atoms with Crippen LogP contribution in [0, 0.1) is 0 Å². The predicted molar refractivity (Wildman–Crippen MR) is 63.2 cm³/mol. The lowest BCUT2D eigenvalue weighted by Gasteiger charge is -1.92. The largest absolute Gasteiger partial charge is 0.476 e. The van der Waals surface area contributed by atoms with Crippen LogP contribution in [0.15, 0.2) is 17.5 Å². The summed E-state index contributed by atoms with van der Waals surface area (Å²) in [5, 5.41) is 20.4. The summed E-state index contributed by atoms with van der Waals surface area (Å²) in [6.45, 7) is -0.0631.